The van der Waals surface area contributed by atoms with Crippen LogP contribution in [-0.4, -0.2) is 30.9 Å². The van der Waals surface area contributed by atoms with E-state index < -0.39 is 0 Å². The van der Waals surface area contributed by atoms with Gasteiger partial charge in [0, 0.05) is 43.9 Å². The van der Waals surface area contributed by atoms with E-state index in [4.69, 9.17) is 5.73 Å². The Morgan fingerprint density at radius 2 is 2.21 bits per heavy atom. The van der Waals surface area contributed by atoms with Crippen LogP contribution in [0.2, 0.25) is 0 Å². The first-order chi connectivity index (χ1) is 9.06. The molecule has 0 saturated carbocycles. The van der Waals surface area contributed by atoms with E-state index in [-0.39, 0.29) is 17.9 Å². The van der Waals surface area contributed by atoms with Gasteiger partial charge < -0.3 is 15.5 Å². The molecule has 0 aliphatic carbocycles. The van der Waals surface area contributed by atoms with E-state index in [0.717, 1.165) is 29.9 Å². The molecule has 2 aliphatic heterocycles. The van der Waals surface area contributed by atoms with Crippen molar-refractivity contribution in [3.8, 4) is 0 Å². The fourth-order valence-electron chi connectivity index (χ4n) is 2.87. The number of nitrogens with zero attached hydrogens (tertiary/aromatic N) is 2. The van der Waals surface area contributed by atoms with E-state index in [2.05, 4.69) is 0 Å². The Morgan fingerprint density at radius 1 is 1.42 bits per heavy atom. The molecule has 2 aliphatic rings. The molecular weight excluding hydrogens is 242 g/mol. The highest BCUT2D eigenvalue weighted by Crippen LogP contribution is 2.32. The number of carbonyl (C=O) groups excluding carboxylic acids is 2. The highest BCUT2D eigenvalue weighted by Gasteiger charge is 2.29. The van der Waals surface area contributed by atoms with Gasteiger partial charge in [-0.2, -0.15) is 0 Å². The molecule has 100 valence electrons. The van der Waals surface area contributed by atoms with Crippen LogP contribution in [0.25, 0.3) is 0 Å². The predicted molar refractivity (Wildman–Crippen MR) is 73.1 cm³/mol. The molecular formula is C14H17N3O2. The summed E-state index contributed by atoms with van der Waals surface area (Å²) in [6.07, 6.45) is 1.26. The molecule has 2 N–H and O–H groups in total. The summed E-state index contributed by atoms with van der Waals surface area (Å²) in [4.78, 5) is 26.8. The van der Waals surface area contributed by atoms with Crippen LogP contribution >= 0.6 is 0 Å². The van der Waals surface area contributed by atoms with Crippen molar-refractivity contribution in [1.29, 1.82) is 0 Å². The molecule has 5 heteroatoms. The Balaban J connectivity index is 1.91. The molecule has 0 aromatic heterocycles. The number of hydrogen-bond acceptors (Lipinski definition) is 3. The van der Waals surface area contributed by atoms with Gasteiger partial charge in [0.25, 0.3) is 0 Å². The van der Waals surface area contributed by atoms with Crippen molar-refractivity contribution < 1.29 is 9.59 Å². The summed E-state index contributed by atoms with van der Waals surface area (Å²) in [5.41, 5.74) is 8.79. The average molecular weight is 259 g/mol. The van der Waals surface area contributed by atoms with Crippen molar-refractivity contribution in [3.05, 3.63) is 23.8 Å². The van der Waals surface area contributed by atoms with Crippen molar-refractivity contribution in [2.24, 2.45) is 5.73 Å². The van der Waals surface area contributed by atoms with E-state index >= 15 is 0 Å². The Hall–Kier alpha value is -1.88. The summed E-state index contributed by atoms with van der Waals surface area (Å²) >= 11 is 0. The van der Waals surface area contributed by atoms with Crippen molar-refractivity contribution in [2.45, 2.75) is 25.8 Å². The molecule has 1 atom stereocenters. The molecule has 1 saturated heterocycles. The maximum absolute atomic E-state index is 11.8. The zero-order valence-electron chi connectivity index (χ0n) is 10.9. The summed E-state index contributed by atoms with van der Waals surface area (Å²) in [7, 11) is 0. The smallest absolute Gasteiger partial charge is 0.228 e. The van der Waals surface area contributed by atoms with Gasteiger partial charge in [-0.25, -0.2) is 0 Å². The molecule has 0 bridgehead atoms. The van der Waals surface area contributed by atoms with E-state index in [9.17, 15) is 9.59 Å². The zero-order chi connectivity index (χ0) is 13.6. The second-order valence-corrected chi connectivity index (χ2v) is 5.20. The summed E-state index contributed by atoms with van der Waals surface area (Å²) in [5, 5.41) is 0. The van der Waals surface area contributed by atoms with Gasteiger partial charge in [0.1, 0.15) is 0 Å². The predicted octanol–water partition coefficient (Wildman–Crippen LogP) is 0.660. The van der Waals surface area contributed by atoms with Crippen molar-refractivity contribution in [1.82, 2.24) is 0 Å². The number of nitrogens with two attached hydrogens (primary N) is 1. The van der Waals surface area contributed by atoms with Gasteiger partial charge in [0.15, 0.2) is 0 Å². The number of fused-ring (bicyclic) bond motifs is 1. The lowest BCUT2D eigenvalue weighted by Gasteiger charge is -2.19. The van der Waals surface area contributed by atoms with Crippen LogP contribution in [0.15, 0.2) is 18.2 Å². The number of benzene rings is 1. The van der Waals surface area contributed by atoms with Crippen LogP contribution in [0.3, 0.4) is 0 Å². The third-order valence-corrected chi connectivity index (χ3v) is 3.81. The number of rotatable bonds is 1. The third-order valence-electron chi connectivity index (χ3n) is 3.81. The first-order valence-electron chi connectivity index (χ1n) is 6.53. The van der Waals surface area contributed by atoms with Gasteiger partial charge in [0.05, 0.1) is 0 Å². The minimum atomic E-state index is -0.0746. The summed E-state index contributed by atoms with van der Waals surface area (Å²) < 4.78 is 0. The number of amides is 2. The van der Waals surface area contributed by atoms with Crippen molar-refractivity contribution in [3.63, 3.8) is 0 Å². The van der Waals surface area contributed by atoms with Crippen LogP contribution in [0.1, 0.15) is 18.9 Å². The van der Waals surface area contributed by atoms with Crippen LogP contribution in [0.5, 0.6) is 0 Å². The number of carbonyl (C=O) groups is 2. The molecule has 1 unspecified atom stereocenters. The summed E-state index contributed by atoms with van der Waals surface area (Å²) in [6.45, 7) is 2.88. The highest BCUT2D eigenvalue weighted by atomic mass is 16.2. The zero-order valence-corrected chi connectivity index (χ0v) is 10.9. The molecule has 0 spiro atoms. The van der Waals surface area contributed by atoms with Gasteiger partial charge in [-0.05, 0) is 30.2 Å². The topological polar surface area (TPSA) is 66.6 Å². The maximum Gasteiger partial charge on any atom is 0.228 e. The third kappa shape index (κ3) is 2.00. The minimum Gasteiger partial charge on any atom is -0.326 e. The van der Waals surface area contributed by atoms with Gasteiger partial charge in [-0.15, -0.1) is 0 Å². The van der Waals surface area contributed by atoms with Gasteiger partial charge in [-0.1, -0.05) is 0 Å². The Labute approximate surface area is 112 Å². The number of hydrogen-bond donors (Lipinski definition) is 1. The molecule has 19 heavy (non-hydrogen) atoms. The lowest BCUT2D eigenvalue weighted by molar-refractivity contribution is -0.117. The molecule has 2 amide bonds. The average Bonchev–Trinajstić information content (AvgIpc) is 2.91. The molecule has 1 aromatic carbocycles. The van der Waals surface area contributed by atoms with Gasteiger partial charge >= 0.3 is 0 Å². The molecule has 0 radical (unpaired) electrons. The van der Waals surface area contributed by atoms with Crippen molar-refractivity contribution >= 4 is 23.2 Å². The monoisotopic (exact) mass is 259 g/mol. The molecule has 1 fully saturated rings. The van der Waals surface area contributed by atoms with E-state index in [1.165, 1.54) is 0 Å². The largest absolute Gasteiger partial charge is 0.326 e. The molecule has 1 aromatic rings. The molecule has 2 heterocycles. The van der Waals surface area contributed by atoms with E-state index in [0.29, 0.717) is 13.0 Å². The van der Waals surface area contributed by atoms with Crippen LogP contribution in [0, 0.1) is 0 Å². The van der Waals surface area contributed by atoms with Gasteiger partial charge in [0.2, 0.25) is 11.8 Å². The Bertz CT molecular complexity index is 556. The van der Waals surface area contributed by atoms with Crippen molar-refractivity contribution in [2.75, 3.05) is 22.9 Å². The summed E-state index contributed by atoms with van der Waals surface area (Å²) in [5.74, 6) is 0.139. The quantitative estimate of drug-likeness (QED) is 0.805. The van der Waals surface area contributed by atoms with Gasteiger partial charge in [-0.3, -0.25) is 9.59 Å². The van der Waals surface area contributed by atoms with Crippen LogP contribution < -0.4 is 15.5 Å². The number of anilines is 2. The Morgan fingerprint density at radius 3 is 2.84 bits per heavy atom. The fraction of sp³-hybridized carbons (Fsp3) is 0.429. The molecule has 3 rings (SSSR count). The normalized spacial score (nSPS) is 22.0. The SMILES string of the molecule is CC(=O)N1CCc2cc(N3CC(N)CC3=O)ccc21. The fourth-order valence-corrected chi connectivity index (χ4v) is 2.87. The Kier molecular flexibility index (Phi) is 2.78. The lowest BCUT2D eigenvalue weighted by Crippen LogP contribution is -2.28. The standard InChI is InChI=1S/C14H17N3O2/c1-9(18)16-5-4-10-6-12(2-3-13(10)16)17-8-11(15)7-14(17)19/h2-3,6,11H,4-5,7-8,15H2,1H3. The highest BCUT2D eigenvalue weighted by molar-refractivity contribution is 5.98. The first kappa shape index (κ1) is 12.2. The van der Waals surface area contributed by atoms with Crippen LogP contribution in [-0.2, 0) is 16.0 Å². The minimum absolute atomic E-state index is 0.0609. The van der Waals surface area contributed by atoms with Crippen LogP contribution in [0.4, 0.5) is 11.4 Å². The lowest BCUT2D eigenvalue weighted by atomic mass is 10.1. The van der Waals surface area contributed by atoms with E-state index in [1.807, 2.05) is 18.2 Å². The molecule has 5 nitrogen and oxygen atoms in total. The first-order valence-corrected chi connectivity index (χ1v) is 6.53. The van der Waals surface area contributed by atoms with E-state index in [1.54, 1.807) is 16.7 Å². The summed E-state index contributed by atoms with van der Waals surface area (Å²) in [6, 6.07) is 5.76. The maximum atomic E-state index is 11.8. The second kappa shape index (κ2) is 4.35. The second-order valence-electron chi connectivity index (χ2n) is 5.20.